The third-order valence-corrected chi connectivity index (χ3v) is 3.81. The Labute approximate surface area is 135 Å². The number of rotatable bonds is 5. The van der Waals surface area contributed by atoms with E-state index in [9.17, 15) is 9.59 Å². The van der Waals surface area contributed by atoms with Crippen LogP contribution in [0.1, 0.15) is 25.8 Å². The Kier molecular flexibility index (Phi) is 5.80. The molecule has 1 N–H and O–H groups in total. The van der Waals surface area contributed by atoms with Crippen molar-refractivity contribution in [3.05, 3.63) is 34.9 Å². The van der Waals surface area contributed by atoms with Gasteiger partial charge in [0.05, 0.1) is 18.6 Å². The Balaban J connectivity index is 1.98. The second kappa shape index (κ2) is 7.61. The molecule has 1 aliphatic rings. The van der Waals surface area contributed by atoms with E-state index in [1.165, 1.54) is 0 Å². The molecule has 22 heavy (non-hydrogen) atoms. The van der Waals surface area contributed by atoms with Crippen molar-refractivity contribution in [2.45, 2.75) is 39.0 Å². The minimum atomic E-state index is -0.525. The molecule has 1 atom stereocenters. The number of carbonyl (C=O) groups is 2. The van der Waals surface area contributed by atoms with Gasteiger partial charge in [-0.25, -0.2) is 0 Å². The first-order valence-electron chi connectivity index (χ1n) is 7.42. The lowest BCUT2D eigenvalue weighted by Crippen LogP contribution is -2.55. The van der Waals surface area contributed by atoms with Gasteiger partial charge in [0.2, 0.25) is 5.91 Å². The van der Waals surface area contributed by atoms with Crippen molar-refractivity contribution in [3.63, 3.8) is 0 Å². The Morgan fingerprint density at radius 3 is 2.86 bits per heavy atom. The number of esters is 1. The number of halogens is 1. The Morgan fingerprint density at radius 2 is 2.18 bits per heavy atom. The van der Waals surface area contributed by atoms with Crippen LogP contribution in [0.15, 0.2) is 24.3 Å². The molecule has 0 bridgehead atoms. The largest absolute Gasteiger partial charge is 0.463 e. The Hall–Kier alpha value is -1.59. The highest BCUT2D eigenvalue weighted by atomic mass is 35.5. The standard InChI is InChI=1S/C16H21ClN2O3/c1-11(2)22-15(20)9-14-16(21)19(8-7-18-14)10-12-5-3-4-6-13(12)17/h3-6,11,14,18H,7-10H2,1-2H3. The molecule has 5 nitrogen and oxygen atoms in total. The van der Waals surface area contributed by atoms with Crippen LogP contribution in [-0.2, 0) is 20.9 Å². The summed E-state index contributed by atoms with van der Waals surface area (Å²) >= 11 is 6.14. The molecule has 1 aromatic rings. The molecule has 0 aromatic heterocycles. The van der Waals surface area contributed by atoms with Crippen LogP contribution < -0.4 is 5.32 Å². The van der Waals surface area contributed by atoms with Crippen LogP contribution in [0.2, 0.25) is 5.02 Å². The Morgan fingerprint density at radius 1 is 1.45 bits per heavy atom. The minimum Gasteiger partial charge on any atom is -0.463 e. The van der Waals surface area contributed by atoms with Gasteiger partial charge >= 0.3 is 5.97 Å². The molecular formula is C16H21ClN2O3. The summed E-state index contributed by atoms with van der Waals surface area (Å²) in [5.74, 6) is -0.452. The highest BCUT2D eigenvalue weighted by Crippen LogP contribution is 2.18. The van der Waals surface area contributed by atoms with E-state index in [0.717, 1.165) is 5.56 Å². The summed E-state index contributed by atoms with van der Waals surface area (Å²) < 4.78 is 5.10. The maximum Gasteiger partial charge on any atom is 0.308 e. The van der Waals surface area contributed by atoms with Gasteiger partial charge in [0.25, 0.3) is 0 Å². The molecule has 0 spiro atoms. The Bertz CT molecular complexity index is 548. The number of ether oxygens (including phenoxy) is 1. The third-order valence-electron chi connectivity index (χ3n) is 3.44. The number of piperazine rings is 1. The third kappa shape index (κ3) is 4.45. The summed E-state index contributed by atoms with van der Waals surface area (Å²) in [5.41, 5.74) is 0.905. The average Bonchev–Trinajstić information content (AvgIpc) is 2.44. The molecule has 1 unspecified atom stereocenters. The van der Waals surface area contributed by atoms with Crippen molar-refractivity contribution in [1.29, 1.82) is 0 Å². The zero-order chi connectivity index (χ0) is 16.1. The van der Waals surface area contributed by atoms with Crippen molar-refractivity contribution >= 4 is 23.5 Å². The predicted octanol–water partition coefficient (Wildman–Crippen LogP) is 1.98. The molecule has 1 aromatic carbocycles. The van der Waals surface area contributed by atoms with E-state index in [2.05, 4.69) is 5.32 Å². The van der Waals surface area contributed by atoms with Crippen LogP contribution in [-0.4, -0.2) is 42.0 Å². The van der Waals surface area contributed by atoms with Gasteiger partial charge < -0.3 is 15.0 Å². The first kappa shape index (κ1) is 16.8. The van der Waals surface area contributed by atoms with Gasteiger partial charge in [-0.15, -0.1) is 0 Å². The van der Waals surface area contributed by atoms with Gasteiger partial charge in [-0.2, -0.15) is 0 Å². The molecule has 120 valence electrons. The van der Waals surface area contributed by atoms with Crippen molar-refractivity contribution in [3.8, 4) is 0 Å². The van der Waals surface area contributed by atoms with E-state index in [1.807, 2.05) is 18.2 Å². The zero-order valence-corrected chi connectivity index (χ0v) is 13.6. The highest BCUT2D eigenvalue weighted by Gasteiger charge is 2.31. The van der Waals surface area contributed by atoms with Crippen LogP contribution in [0.5, 0.6) is 0 Å². The van der Waals surface area contributed by atoms with Crippen molar-refractivity contribution in [2.24, 2.45) is 0 Å². The first-order chi connectivity index (χ1) is 10.5. The molecule has 6 heteroatoms. The smallest absolute Gasteiger partial charge is 0.308 e. The number of benzene rings is 1. The van der Waals surface area contributed by atoms with Gasteiger partial charge in [-0.1, -0.05) is 29.8 Å². The van der Waals surface area contributed by atoms with Gasteiger partial charge in [-0.05, 0) is 25.5 Å². The molecular weight excluding hydrogens is 304 g/mol. The molecule has 0 radical (unpaired) electrons. The number of amides is 1. The van der Waals surface area contributed by atoms with Gasteiger partial charge in [0, 0.05) is 24.7 Å². The number of nitrogens with one attached hydrogen (secondary N) is 1. The predicted molar refractivity (Wildman–Crippen MR) is 84.5 cm³/mol. The van der Waals surface area contributed by atoms with E-state index in [0.29, 0.717) is 24.7 Å². The topological polar surface area (TPSA) is 58.6 Å². The zero-order valence-electron chi connectivity index (χ0n) is 12.8. The van der Waals surface area contributed by atoms with E-state index in [1.54, 1.807) is 24.8 Å². The van der Waals surface area contributed by atoms with E-state index in [4.69, 9.17) is 16.3 Å². The SMILES string of the molecule is CC(C)OC(=O)CC1NCCN(Cc2ccccc2Cl)C1=O. The van der Waals surface area contributed by atoms with E-state index >= 15 is 0 Å². The van der Waals surface area contributed by atoms with Gasteiger partial charge in [0.1, 0.15) is 0 Å². The number of hydrogen-bond donors (Lipinski definition) is 1. The molecule has 1 fully saturated rings. The number of hydrogen-bond acceptors (Lipinski definition) is 4. The van der Waals surface area contributed by atoms with Crippen molar-refractivity contribution < 1.29 is 14.3 Å². The van der Waals surface area contributed by atoms with Gasteiger partial charge in [-0.3, -0.25) is 9.59 Å². The summed E-state index contributed by atoms with van der Waals surface area (Å²) in [4.78, 5) is 25.9. The van der Waals surface area contributed by atoms with Crippen LogP contribution in [0.3, 0.4) is 0 Å². The molecule has 1 aliphatic heterocycles. The summed E-state index contributed by atoms with van der Waals surface area (Å²) in [6.45, 7) is 5.28. The minimum absolute atomic E-state index is 0.0516. The van der Waals surface area contributed by atoms with Crippen molar-refractivity contribution in [2.75, 3.05) is 13.1 Å². The molecule has 1 amide bonds. The number of carbonyl (C=O) groups excluding carboxylic acids is 2. The van der Waals surface area contributed by atoms with Crippen LogP contribution in [0.25, 0.3) is 0 Å². The second-order valence-corrected chi connectivity index (χ2v) is 6.01. The molecule has 0 aliphatic carbocycles. The second-order valence-electron chi connectivity index (χ2n) is 5.60. The molecule has 1 heterocycles. The van der Waals surface area contributed by atoms with Crippen LogP contribution in [0.4, 0.5) is 0 Å². The number of nitrogens with zero attached hydrogens (tertiary/aromatic N) is 1. The fourth-order valence-electron chi connectivity index (χ4n) is 2.42. The summed E-state index contributed by atoms with van der Waals surface area (Å²) in [7, 11) is 0. The summed E-state index contributed by atoms with van der Waals surface area (Å²) in [5, 5.41) is 3.72. The fourth-order valence-corrected chi connectivity index (χ4v) is 2.61. The monoisotopic (exact) mass is 324 g/mol. The maximum absolute atomic E-state index is 12.5. The van der Waals surface area contributed by atoms with Gasteiger partial charge in [0.15, 0.2) is 0 Å². The quantitative estimate of drug-likeness (QED) is 0.841. The fraction of sp³-hybridized carbons (Fsp3) is 0.500. The van der Waals surface area contributed by atoms with E-state index < -0.39 is 6.04 Å². The lowest BCUT2D eigenvalue weighted by Gasteiger charge is -2.33. The molecule has 0 saturated carbocycles. The summed E-state index contributed by atoms with van der Waals surface area (Å²) in [6, 6.07) is 6.94. The lowest BCUT2D eigenvalue weighted by atomic mass is 10.1. The van der Waals surface area contributed by atoms with Crippen LogP contribution >= 0.6 is 11.6 Å². The first-order valence-corrected chi connectivity index (χ1v) is 7.80. The normalized spacial score (nSPS) is 18.6. The maximum atomic E-state index is 12.5. The van der Waals surface area contributed by atoms with Crippen molar-refractivity contribution in [1.82, 2.24) is 10.2 Å². The van der Waals surface area contributed by atoms with Crippen LogP contribution in [0, 0.1) is 0 Å². The summed E-state index contributed by atoms with van der Waals surface area (Å²) in [6.07, 6.45) is -0.124. The lowest BCUT2D eigenvalue weighted by molar-refractivity contribution is -0.151. The molecule has 2 rings (SSSR count). The molecule has 1 saturated heterocycles. The van der Waals surface area contributed by atoms with E-state index in [-0.39, 0.29) is 24.4 Å². The highest BCUT2D eigenvalue weighted by molar-refractivity contribution is 6.31. The average molecular weight is 325 g/mol.